The number of hydrogen-bond donors (Lipinski definition) is 1. The Morgan fingerprint density at radius 1 is 1.16 bits per heavy atom. The lowest BCUT2D eigenvalue weighted by atomic mass is 10.0. The third-order valence-electron chi connectivity index (χ3n) is 4.90. The van der Waals surface area contributed by atoms with E-state index in [0.29, 0.717) is 13.1 Å². The molecule has 0 radical (unpaired) electrons. The quantitative estimate of drug-likeness (QED) is 0.856. The van der Waals surface area contributed by atoms with E-state index in [1.807, 2.05) is 54.2 Å². The molecule has 1 atom stereocenters. The van der Waals surface area contributed by atoms with Gasteiger partial charge in [0, 0.05) is 11.3 Å². The standard InChI is InChI=1S/C20H23N2O2S/c1-24-18-10-8-17(9-11-18)20(23)15-21-12-5-13-25-19(21)22(20)14-16-6-3-2-4-7-16/h2-4,6-11,23H,5,12-15H2,1H3/q+1/t20-/m0/s1. The number of thioether (sulfide) groups is 1. The molecule has 130 valence electrons. The summed E-state index contributed by atoms with van der Waals surface area (Å²) in [6.07, 6.45) is 1.16. The molecular formula is C20H23N2O2S+. The maximum atomic E-state index is 11.7. The molecule has 0 aromatic heterocycles. The molecule has 0 fully saturated rings. The zero-order valence-corrected chi connectivity index (χ0v) is 15.2. The average molecular weight is 355 g/mol. The minimum absolute atomic E-state index is 0.606. The summed E-state index contributed by atoms with van der Waals surface area (Å²) in [6, 6.07) is 18.1. The maximum Gasteiger partial charge on any atom is 0.311 e. The molecule has 25 heavy (non-hydrogen) atoms. The summed E-state index contributed by atoms with van der Waals surface area (Å²) in [5.41, 5.74) is 1.09. The summed E-state index contributed by atoms with van der Waals surface area (Å²) < 4.78 is 7.59. The van der Waals surface area contributed by atoms with Gasteiger partial charge in [0.2, 0.25) is 0 Å². The van der Waals surface area contributed by atoms with Gasteiger partial charge in [-0.1, -0.05) is 30.3 Å². The minimum atomic E-state index is -1.02. The number of methoxy groups -OCH3 is 1. The molecule has 0 saturated heterocycles. The fraction of sp³-hybridized carbons (Fsp3) is 0.350. The van der Waals surface area contributed by atoms with Crippen molar-refractivity contribution in [2.24, 2.45) is 0 Å². The number of ether oxygens (including phenoxy) is 1. The number of aliphatic hydroxyl groups is 1. The van der Waals surface area contributed by atoms with Crippen LogP contribution in [-0.2, 0) is 12.3 Å². The summed E-state index contributed by atoms with van der Waals surface area (Å²) >= 11 is 1.85. The van der Waals surface area contributed by atoms with Gasteiger partial charge in [0.25, 0.3) is 5.72 Å². The Bertz CT molecular complexity index is 776. The monoisotopic (exact) mass is 355 g/mol. The minimum Gasteiger partial charge on any atom is -0.497 e. The van der Waals surface area contributed by atoms with Crippen molar-refractivity contribution in [3.63, 3.8) is 0 Å². The highest BCUT2D eigenvalue weighted by Gasteiger charge is 2.53. The predicted molar refractivity (Wildman–Crippen MR) is 101 cm³/mol. The van der Waals surface area contributed by atoms with E-state index in [4.69, 9.17) is 4.74 Å². The van der Waals surface area contributed by atoms with Crippen LogP contribution in [0, 0.1) is 0 Å². The third-order valence-corrected chi connectivity index (χ3v) is 6.13. The van der Waals surface area contributed by atoms with Gasteiger partial charge in [-0.2, -0.15) is 0 Å². The van der Waals surface area contributed by atoms with E-state index in [1.54, 1.807) is 7.11 Å². The molecule has 0 spiro atoms. The van der Waals surface area contributed by atoms with Gasteiger partial charge >= 0.3 is 5.17 Å². The molecule has 0 saturated carbocycles. The van der Waals surface area contributed by atoms with Crippen molar-refractivity contribution < 1.29 is 14.4 Å². The van der Waals surface area contributed by atoms with Crippen LogP contribution in [0.4, 0.5) is 0 Å². The number of benzene rings is 2. The van der Waals surface area contributed by atoms with E-state index >= 15 is 0 Å². The Morgan fingerprint density at radius 2 is 1.92 bits per heavy atom. The SMILES string of the molecule is COc1ccc([C@@]2(O)C[N+]3=C(SCCC3)N2Cc2ccccc2)cc1. The van der Waals surface area contributed by atoms with Gasteiger partial charge in [-0.05, 0) is 48.0 Å². The summed E-state index contributed by atoms with van der Waals surface area (Å²) in [4.78, 5) is 2.16. The first-order chi connectivity index (χ1) is 12.2. The molecule has 0 aliphatic carbocycles. The Morgan fingerprint density at radius 3 is 2.64 bits per heavy atom. The van der Waals surface area contributed by atoms with Gasteiger partial charge in [0.05, 0.1) is 13.7 Å². The van der Waals surface area contributed by atoms with Crippen molar-refractivity contribution in [3.05, 3.63) is 65.7 Å². The first-order valence-electron chi connectivity index (χ1n) is 8.64. The smallest absolute Gasteiger partial charge is 0.311 e. The summed E-state index contributed by atoms with van der Waals surface area (Å²) in [6.45, 7) is 2.31. The topological polar surface area (TPSA) is 35.7 Å². The van der Waals surface area contributed by atoms with Gasteiger partial charge in [-0.15, -0.1) is 0 Å². The van der Waals surface area contributed by atoms with Crippen LogP contribution < -0.4 is 4.74 Å². The molecule has 4 nitrogen and oxygen atoms in total. The molecule has 2 aliphatic rings. The molecule has 2 aliphatic heterocycles. The zero-order valence-electron chi connectivity index (χ0n) is 14.4. The number of rotatable bonds is 4. The van der Waals surface area contributed by atoms with E-state index in [1.165, 1.54) is 10.7 Å². The highest BCUT2D eigenvalue weighted by Crippen LogP contribution is 2.37. The number of hydrogen-bond acceptors (Lipinski definition) is 4. The van der Waals surface area contributed by atoms with Gasteiger partial charge in [0.1, 0.15) is 12.3 Å². The fourth-order valence-corrected chi connectivity index (χ4v) is 4.75. The highest BCUT2D eigenvalue weighted by molar-refractivity contribution is 8.13. The van der Waals surface area contributed by atoms with Crippen LogP contribution in [0.5, 0.6) is 5.75 Å². The Balaban J connectivity index is 1.71. The third kappa shape index (κ3) is 3.02. The maximum absolute atomic E-state index is 11.7. The second-order valence-electron chi connectivity index (χ2n) is 6.52. The van der Waals surface area contributed by atoms with Crippen molar-refractivity contribution in [1.82, 2.24) is 4.90 Å². The second-order valence-corrected chi connectivity index (χ2v) is 7.59. The normalized spacial score (nSPS) is 22.9. The van der Waals surface area contributed by atoms with Crippen LogP contribution in [0.25, 0.3) is 0 Å². The molecule has 2 aromatic rings. The Kier molecular flexibility index (Phi) is 4.44. The zero-order chi connectivity index (χ0) is 17.3. The lowest BCUT2D eigenvalue weighted by Gasteiger charge is -2.29. The molecule has 0 amide bonds. The first kappa shape index (κ1) is 16.5. The lowest BCUT2D eigenvalue weighted by molar-refractivity contribution is -0.532. The molecule has 0 unspecified atom stereocenters. The number of amidine groups is 1. The van der Waals surface area contributed by atoms with Crippen molar-refractivity contribution in [1.29, 1.82) is 0 Å². The summed E-state index contributed by atoms with van der Waals surface area (Å²) in [5.74, 6) is 1.91. The van der Waals surface area contributed by atoms with Crippen LogP contribution in [-0.4, -0.2) is 45.7 Å². The van der Waals surface area contributed by atoms with Crippen molar-refractivity contribution in [2.45, 2.75) is 18.7 Å². The van der Waals surface area contributed by atoms with Gasteiger partial charge in [0.15, 0.2) is 6.54 Å². The highest BCUT2D eigenvalue weighted by atomic mass is 32.2. The fourth-order valence-electron chi connectivity index (χ4n) is 3.58. The molecule has 2 aromatic carbocycles. The molecule has 4 rings (SSSR count). The number of nitrogens with zero attached hydrogens (tertiary/aromatic N) is 2. The van der Waals surface area contributed by atoms with Crippen molar-refractivity contribution in [2.75, 3.05) is 26.0 Å². The average Bonchev–Trinajstić information content (AvgIpc) is 2.96. The molecule has 2 heterocycles. The summed E-state index contributed by atoms with van der Waals surface area (Å²) in [7, 11) is 1.66. The van der Waals surface area contributed by atoms with Crippen LogP contribution in [0.1, 0.15) is 17.5 Å². The van der Waals surface area contributed by atoms with E-state index in [2.05, 4.69) is 21.6 Å². The van der Waals surface area contributed by atoms with Crippen molar-refractivity contribution >= 4 is 16.9 Å². The second kappa shape index (κ2) is 6.73. The van der Waals surface area contributed by atoms with Gasteiger partial charge in [-0.3, -0.25) is 0 Å². The molecule has 5 heteroatoms. The van der Waals surface area contributed by atoms with Crippen molar-refractivity contribution in [3.8, 4) is 5.75 Å². The largest absolute Gasteiger partial charge is 0.497 e. The first-order valence-corrected chi connectivity index (χ1v) is 9.62. The Hall–Kier alpha value is -1.98. The van der Waals surface area contributed by atoms with Crippen LogP contribution in [0.15, 0.2) is 54.6 Å². The molecular weight excluding hydrogens is 332 g/mol. The summed E-state index contributed by atoms with van der Waals surface area (Å²) in [5, 5.41) is 12.9. The predicted octanol–water partition coefficient (Wildman–Crippen LogP) is 2.86. The van der Waals surface area contributed by atoms with E-state index in [9.17, 15) is 5.11 Å². The van der Waals surface area contributed by atoms with Gasteiger partial charge in [-0.25, -0.2) is 9.48 Å². The van der Waals surface area contributed by atoms with Crippen LogP contribution in [0.2, 0.25) is 0 Å². The van der Waals surface area contributed by atoms with E-state index in [0.717, 1.165) is 30.0 Å². The molecule has 1 N–H and O–H groups in total. The van der Waals surface area contributed by atoms with E-state index < -0.39 is 5.72 Å². The van der Waals surface area contributed by atoms with Crippen LogP contribution >= 0.6 is 11.8 Å². The van der Waals surface area contributed by atoms with Gasteiger partial charge < -0.3 is 9.84 Å². The van der Waals surface area contributed by atoms with E-state index in [-0.39, 0.29) is 0 Å². The molecule has 0 bridgehead atoms. The lowest BCUT2D eigenvalue weighted by Crippen LogP contribution is -2.45. The Labute approximate surface area is 152 Å². The van der Waals surface area contributed by atoms with Crippen LogP contribution in [0.3, 0.4) is 0 Å².